The van der Waals surface area contributed by atoms with E-state index >= 15 is 0 Å². The van der Waals surface area contributed by atoms with Gasteiger partial charge in [0, 0.05) is 11.5 Å². The summed E-state index contributed by atoms with van der Waals surface area (Å²) in [5.74, 6) is 0. The maximum absolute atomic E-state index is 9.05. The third-order valence-electron chi connectivity index (χ3n) is 2.35. The lowest BCUT2D eigenvalue weighted by Gasteiger charge is -2.11. The number of nitriles is 2. The molecule has 0 heterocycles. The summed E-state index contributed by atoms with van der Waals surface area (Å²) < 4.78 is 0. The van der Waals surface area contributed by atoms with Crippen LogP contribution in [-0.4, -0.2) is 13.1 Å². The van der Waals surface area contributed by atoms with E-state index in [2.05, 4.69) is 21.4 Å². The fourth-order valence-electron chi connectivity index (χ4n) is 1.43. The molecule has 1 aromatic carbocycles. The summed E-state index contributed by atoms with van der Waals surface area (Å²) in [4.78, 5) is 2.65. The minimum absolute atomic E-state index is 0.412. The van der Waals surface area contributed by atoms with Crippen LogP contribution in [0.25, 0.3) is 10.4 Å². The summed E-state index contributed by atoms with van der Waals surface area (Å²) in [7, 11) is 0. The van der Waals surface area contributed by atoms with Crippen molar-refractivity contribution in [3.8, 4) is 12.1 Å². The van der Waals surface area contributed by atoms with E-state index in [1.165, 1.54) is 0 Å². The summed E-state index contributed by atoms with van der Waals surface area (Å²) in [6, 6.07) is 10.6. The van der Waals surface area contributed by atoms with Crippen LogP contribution in [0.5, 0.6) is 0 Å². The number of benzene rings is 1. The van der Waals surface area contributed by atoms with Gasteiger partial charge in [-0.15, -0.1) is 0 Å². The van der Waals surface area contributed by atoms with Gasteiger partial charge in [-0.1, -0.05) is 17.2 Å². The van der Waals surface area contributed by atoms with Gasteiger partial charge in [-0.25, -0.2) is 0 Å². The van der Waals surface area contributed by atoms with E-state index in [4.69, 9.17) is 16.1 Å². The zero-order chi connectivity index (χ0) is 13.2. The first-order chi connectivity index (χ1) is 8.81. The van der Waals surface area contributed by atoms with E-state index in [1.807, 2.05) is 6.07 Å². The summed E-state index contributed by atoms with van der Waals surface area (Å²) in [5, 5.41) is 24.2. The predicted molar refractivity (Wildman–Crippen MR) is 66.1 cm³/mol. The Labute approximate surface area is 105 Å². The molecule has 0 spiro atoms. The molecular formula is C12H12N6. The first-order valence-electron chi connectivity index (χ1n) is 5.45. The average Bonchev–Trinajstić information content (AvgIpc) is 2.43. The fraction of sp³-hybridized carbons (Fsp3) is 0.333. The highest BCUT2D eigenvalue weighted by Gasteiger charge is 2.08. The minimum atomic E-state index is -0.413. The summed E-state index contributed by atoms with van der Waals surface area (Å²) >= 11 is 0. The van der Waals surface area contributed by atoms with Crippen molar-refractivity contribution in [3.63, 3.8) is 0 Å². The highest BCUT2D eigenvalue weighted by Crippen LogP contribution is 2.12. The molecule has 6 nitrogen and oxygen atoms in total. The third-order valence-corrected chi connectivity index (χ3v) is 2.35. The molecule has 1 unspecified atom stereocenters. The first kappa shape index (κ1) is 13.5. The number of azide groups is 1. The van der Waals surface area contributed by atoms with Gasteiger partial charge in [0.25, 0.3) is 0 Å². The quantitative estimate of drug-likeness (QED) is 0.357. The van der Waals surface area contributed by atoms with Gasteiger partial charge in [-0.3, -0.25) is 5.32 Å². The second-order valence-electron chi connectivity index (χ2n) is 3.56. The molecule has 1 aromatic rings. The van der Waals surface area contributed by atoms with Crippen LogP contribution < -0.4 is 5.32 Å². The SMILES string of the molecule is N#Cc1ccc(C(C#N)NCCCN=[N+]=[N-])cc1. The van der Waals surface area contributed by atoms with Crippen molar-refractivity contribution in [2.75, 3.05) is 13.1 Å². The summed E-state index contributed by atoms with van der Waals surface area (Å²) in [5.41, 5.74) is 9.50. The van der Waals surface area contributed by atoms with Crippen LogP contribution in [0, 0.1) is 22.7 Å². The lowest BCUT2D eigenvalue weighted by Crippen LogP contribution is -2.21. The van der Waals surface area contributed by atoms with Crippen molar-refractivity contribution < 1.29 is 0 Å². The van der Waals surface area contributed by atoms with Gasteiger partial charge in [0.05, 0.1) is 17.7 Å². The van der Waals surface area contributed by atoms with Crippen molar-refractivity contribution in [1.82, 2.24) is 5.32 Å². The Morgan fingerprint density at radius 2 is 2.06 bits per heavy atom. The molecule has 0 amide bonds. The van der Waals surface area contributed by atoms with Crippen molar-refractivity contribution in [1.29, 1.82) is 10.5 Å². The van der Waals surface area contributed by atoms with E-state index < -0.39 is 6.04 Å². The van der Waals surface area contributed by atoms with Gasteiger partial charge in [-0.2, -0.15) is 10.5 Å². The molecule has 0 saturated carbocycles. The molecule has 0 fully saturated rings. The Hall–Kier alpha value is -2.53. The number of hydrogen-bond acceptors (Lipinski definition) is 4. The Bertz CT molecular complexity index is 501. The molecule has 0 aliphatic rings. The molecule has 1 atom stereocenters. The molecule has 0 aliphatic carbocycles. The Morgan fingerprint density at radius 3 is 2.61 bits per heavy atom. The maximum atomic E-state index is 9.05. The molecule has 0 aliphatic heterocycles. The highest BCUT2D eigenvalue weighted by molar-refractivity contribution is 5.34. The normalized spacial score (nSPS) is 10.8. The first-order valence-corrected chi connectivity index (χ1v) is 5.45. The standard InChI is InChI=1S/C12H12N6/c13-8-10-2-4-11(5-3-10)12(9-14)16-6-1-7-17-18-15/h2-5,12,16H,1,6-7H2. The van der Waals surface area contributed by atoms with Gasteiger partial charge < -0.3 is 0 Å². The van der Waals surface area contributed by atoms with Crippen molar-refractivity contribution in [2.45, 2.75) is 12.5 Å². The van der Waals surface area contributed by atoms with E-state index in [9.17, 15) is 0 Å². The van der Waals surface area contributed by atoms with Crippen LogP contribution in [0.4, 0.5) is 0 Å². The van der Waals surface area contributed by atoms with Crippen LogP contribution in [0.2, 0.25) is 0 Å². The lowest BCUT2D eigenvalue weighted by molar-refractivity contribution is 0.607. The lowest BCUT2D eigenvalue weighted by atomic mass is 10.1. The van der Waals surface area contributed by atoms with Crippen molar-refractivity contribution in [2.24, 2.45) is 5.11 Å². The number of hydrogen-bond donors (Lipinski definition) is 1. The molecule has 1 rings (SSSR count). The van der Waals surface area contributed by atoms with Crippen LogP contribution in [-0.2, 0) is 0 Å². The minimum Gasteiger partial charge on any atom is -0.298 e. The zero-order valence-electron chi connectivity index (χ0n) is 9.74. The maximum Gasteiger partial charge on any atom is 0.121 e. The second kappa shape index (κ2) is 7.70. The fourth-order valence-corrected chi connectivity index (χ4v) is 1.43. The van der Waals surface area contributed by atoms with Crippen molar-refractivity contribution in [3.05, 3.63) is 45.8 Å². The predicted octanol–water partition coefficient (Wildman–Crippen LogP) is 2.41. The molecule has 0 radical (unpaired) electrons. The van der Waals surface area contributed by atoms with E-state index in [0.29, 0.717) is 25.1 Å². The zero-order valence-corrected chi connectivity index (χ0v) is 9.74. The molecule has 90 valence electrons. The van der Waals surface area contributed by atoms with Gasteiger partial charge >= 0.3 is 0 Å². The van der Waals surface area contributed by atoms with Gasteiger partial charge in [0.15, 0.2) is 0 Å². The van der Waals surface area contributed by atoms with Crippen molar-refractivity contribution >= 4 is 0 Å². The van der Waals surface area contributed by atoms with E-state index in [-0.39, 0.29) is 0 Å². The molecule has 18 heavy (non-hydrogen) atoms. The van der Waals surface area contributed by atoms with Gasteiger partial charge in [-0.05, 0) is 36.2 Å². The molecule has 0 aromatic heterocycles. The molecular weight excluding hydrogens is 228 g/mol. The molecule has 0 saturated heterocycles. The molecule has 6 heteroatoms. The Kier molecular flexibility index (Phi) is 5.79. The number of nitrogens with one attached hydrogen (secondary N) is 1. The molecule has 0 bridgehead atoms. The highest BCUT2D eigenvalue weighted by atomic mass is 15.1. The number of rotatable bonds is 6. The third kappa shape index (κ3) is 4.15. The Morgan fingerprint density at radius 1 is 1.33 bits per heavy atom. The van der Waals surface area contributed by atoms with Crippen LogP contribution in [0.1, 0.15) is 23.6 Å². The smallest absolute Gasteiger partial charge is 0.121 e. The summed E-state index contributed by atoms with van der Waals surface area (Å²) in [6.07, 6.45) is 0.679. The van der Waals surface area contributed by atoms with Crippen LogP contribution in [0.15, 0.2) is 29.4 Å². The van der Waals surface area contributed by atoms with Crippen LogP contribution in [0.3, 0.4) is 0 Å². The average molecular weight is 240 g/mol. The summed E-state index contributed by atoms with van der Waals surface area (Å²) in [6.45, 7) is 1.01. The van der Waals surface area contributed by atoms with Gasteiger partial charge in [0.1, 0.15) is 6.04 Å². The van der Waals surface area contributed by atoms with E-state index in [0.717, 1.165) is 5.56 Å². The van der Waals surface area contributed by atoms with Gasteiger partial charge in [0.2, 0.25) is 0 Å². The topological polar surface area (TPSA) is 108 Å². The van der Waals surface area contributed by atoms with Crippen LogP contribution >= 0.6 is 0 Å². The largest absolute Gasteiger partial charge is 0.298 e. The monoisotopic (exact) mass is 240 g/mol. The number of nitrogens with zero attached hydrogens (tertiary/aromatic N) is 5. The van der Waals surface area contributed by atoms with E-state index in [1.54, 1.807) is 24.3 Å². The Balaban J connectivity index is 2.53. The second-order valence-corrected chi connectivity index (χ2v) is 3.56. The molecule has 1 N–H and O–H groups in total.